The fourth-order valence-corrected chi connectivity index (χ4v) is 1.07. The number of carbonyl (C=O) groups is 1. The van der Waals surface area contributed by atoms with Crippen LogP contribution in [0.5, 0.6) is 0 Å². The fourth-order valence-electron chi connectivity index (χ4n) is 1.07. The Morgan fingerprint density at radius 3 is 2.11 bits per heavy atom. The third-order valence-electron chi connectivity index (χ3n) is 1.55. The van der Waals surface area contributed by atoms with Gasteiger partial charge in [0.15, 0.2) is 0 Å². The van der Waals surface area contributed by atoms with Gasteiger partial charge in [-0.15, -0.1) is 29.7 Å². The number of rotatable bonds is 0. The van der Waals surface area contributed by atoms with Crippen molar-refractivity contribution in [2.24, 2.45) is 0 Å². The maximum absolute atomic E-state index is 9.11. The maximum atomic E-state index is 9.11. The Bertz CT molecular complexity index is 401. The second-order valence-electron chi connectivity index (χ2n) is 3.28. The molecule has 0 fully saturated rings. The van der Waals surface area contributed by atoms with Gasteiger partial charge in [-0.2, -0.15) is 17.5 Å². The van der Waals surface area contributed by atoms with E-state index in [-0.39, 0.29) is 0 Å². The predicted molar refractivity (Wildman–Crippen MR) is 83.7 cm³/mol. The van der Waals surface area contributed by atoms with E-state index >= 15 is 0 Å². The zero-order chi connectivity index (χ0) is 15.1. The van der Waals surface area contributed by atoms with Crippen molar-refractivity contribution in [2.75, 3.05) is 0 Å². The number of halogens is 2. The summed E-state index contributed by atoms with van der Waals surface area (Å²) in [5.41, 5.74) is 5.94. The third kappa shape index (κ3) is 15.8. The van der Waals surface area contributed by atoms with Gasteiger partial charge >= 0.3 is 35.6 Å². The van der Waals surface area contributed by atoms with Crippen LogP contribution in [-0.4, -0.2) is 15.4 Å². The fraction of sp³-hybridized carbons (Fsp3) is 0.231. The summed E-state index contributed by atoms with van der Waals surface area (Å²) in [6.07, 6.45) is 0. The minimum absolute atomic E-state index is 0.556. The topological polar surface area (TPSA) is 40.9 Å². The van der Waals surface area contributed by atoms with Gasteiger partial charge in [-0.1, -0.05) is 19.2 Å². The normalized spacial score (nSPS) is 7.84. The number of hydrogen-bond acceptors (Lipinski definition) is 1. The molecule has 0 saturated carbocycles. The van der Waals surface area contributed by atoms with Crippen LogP contribution in [0, 0.1) is 0 Å². The Hall–Kier alpha value is -0.189. The van der Waals surface area contributed by atoms with Gasteiger partial charge in [0.2, 0.25) is 0 Å². The first-order valence-corrected chi connectivity index (χ1v) is 11.7. The number of fused-ring (bicyclic) bond motifs is 1. The third-order valence-corrected chi connectivity index (χ3v) is 1.55. The van der Waals surface area contributed by atoms with E-state index in [1.54, 1.807) is 0 Å². The Morgan fingerprint density at radius 2 is 1.68 bits per heavy atom. The molecule has 0 aromatic heterocycles. The summed E-state index contributed by atoms with van der Waals surface area (Å²) < 4.78 is 0. The van der Waals surface area contributed by atoms with Crippen molar-refractivity contribution in [2.45, 2.75) is 20.0 Å². The quantitative estimate of drug-likeness (QED) is 0.469. The molecule has 0 spiro atoms. The molecule has 2 aromatic rings. The summed E-state index contributed by atoms with van der Waals surface area (Å²) in [4.78, 5) is 9.11. The van der Waals surface area contributed by atoms with E-state index < -0.39 is 22.9 Å². The summed E-state index contributed by atoms with van der Waals surface area (Å²) in [5.74, 6) is -0.583. The molecule has 2 aromatic carbocycles. The molecule has 0 atom stereocenters. The molecule has 0 unspecified atom stereocenters. The van der Waals surface area contributed by atoms with E-state index in [2.05, 4.69) is 55.6 Å². The zero-order valence-electron chi connectivity index (χ0n) is 11.2. The second-order valence-corrected chi connectivity index (χ2v) is 6.86. The molecule has 6 heteroatoms. The minimum Gasteiger partial charge on any atom is -0.168 e. The molecule has 2 nitrogen and oxygen atoms in total. The van der Waals surface area contributed by atoms with Crippen molar-refractivity contribution < 1.29 is 21.8 Å². The van der Waals surface area contributed by atoms with Gasteiger partial charge in [0.05, 0.1) is 0 Å². The molecule has 0 heterocycles. The Balaban J connectivity index is 0. The summed E-state index contributed by atoms with van der Waals surface area (Å²) in [6.45, 7) is 5.50. The first-order valence-electron chi connectivity index (χ1n) is 5.40. The molecule has 0 saturated heterocycles. The molecule has 0 aliphatic rings. The second kappa shape index (κ2) is 15.9. The molecule has 2 radical (unpaired) electrons. The average molecular weight is 350 g/mol. The molecule has 0 aliphatic heterocycles. The van der Waals surface area contributed by atoms with Crippen LogP contribution < -0.4 is 0 Å². The Kier molecular flexibility index (Phi) is 17.6. The van der Waals surface area contributed by atoms with Gasteiger partial charge in [-0.25, -0.2) is 0 Å². The van der Waals surface area contributed by atoms with Crippen LogP contribution in [-0.2, 0) is 21.8 Å². The molecule has 0 bridgehead atoms. The van der Waals surface area contributed by atoms with Crippen LogP contribution in [0.2, 0.25) is 13.1 Å². The standard InChI is InChI=1S/C9H7.C2H5NO.C2H6Si.2ClH.Ti/c1-2-5-9-7-3-6-8(9)4-1;1-2(3)4;1-3-2;;;/h1-7H;1H3,(H2,3,4);1-2H3;2*1H;/q-1;;;;;+2/p-3. The number of benzene rings is 1. The minimum atomic E-state index is -0.583. The van der Waals surface area contributed by atoms with E-state index in [0.29, 0.717) is 0 Å². The first-order chi connectivity index (χ1) is 9.03. The van der Waals surface area contributed by atoms with Crippen LogP contribution in [0.25, 0.3) is 16.5 Å². The van der Waals surface area contributed by atoms with Gasteiger partial charge in [-0.3, -0.25) is 0 Å². The van der Waals surface area contributed by atoms with E-state index in [1.165, 1.54) is 17.7 Å². The molecule has 19 heavy (non-hydrogen) atoms. The van der Waals surface area contributed by atoms with Crippen LogP contribution in [0.1, 0.15) is 6.92 Å². The van der Waals surface area contributed by atoms with Crippen molar-refractivity contribution in [1.82, 2.24) is 0 Å². The molecular weight excluding hydrogens is 333 g/mol. The summed E-state index contributed by atoms with van der Waals surface area (Å²) in [5, 5.41) is 2.66. The van der Waals surface area contributed by atoms with Crippen LogP contribution in [0.15, 0.2) is 42.5 Å². The SMILES string of the molecule is CC([NH-])=O.C[Si]C.[Cl][Ti][Cl].c1ccc2[cH-]ccc2c1. The monoisotopic (exact) mass is 349 g/mol. The number of amides is 1. The number of nitrogens with one attached hydrogen (secondary N) is 1. The molecule has 2 rings (SSSR count). The zero-order valence-corrected chi connectivity index (χ0v) is 15.3. The average Bonchev–Trinajstić information content (AvgIpc) is 2.78. The van der Waals surface area contributed by atoms with Crippen LogP contribution in [0.3, 0.4) is 0 Å². The van der Waals surface area contributed by atoms with Gasteiger partial charge in [0.1, 0.15) is 0 Å². The van der Waals surface area contributed by atoms with Crippen molar-refractivity contribution in [3.05, 3.63) is 48.2 Å². The van der Waals surface area contributed by atoms with Crippen LogP contribution >= 0.6 is 18.6 Å². The van der Waals surface area contributed by atoms with Gasteiger partial charge < -0.3 is 10.5 Å². The molecule has 1 N–H and O–H groups in total. The smallest absolute Gasteiger partial charge is 0.0809 e. The molecule has 0 aliphatic carbocycles. The van der Waals surface area contributed by atoms with Crippen molar-refractivity contribution in [3.8, 4) is 0 Å². The van der Waals surface area contributed by atoms with Crippen molar-refractivity contribution in [3.63, 3.8) is 0 Å². The summed E-state index contributed by atoms with van der Waals surface area (Å²) in [6, 6.07) is 14.7. The molecule has 1 amide bonds. The van der Waals surface area contributed by atoms with Crippen LogP contribution in [0.4, 0.5) is 0 Å². The van der Waals surface area contributed by atoms with E-state index in [9.17, 15) is 0 Å². The summed E-state index contributed by atoms with van der Waals surface area (Å²) >= 11 is -0.556. The van der Waals surface area contributed by atoms with Crippen molar-refractivity contribution >= 4 is 44.8 Å². The Labute approximate surface area is 134 Å². The first kappa shape index (κ1) is 21.1. The predicted octanol–water partition coefficient (Wildman–Crippen LogP) is 5.31. The Morgan fingerprint density at radius 1 is 1.26 bits per heavy atom. The van der Waals surface area contributed by atoms with Gasteiger partial charge in [-0.05, 0) is 6.92 Å². The molecular formula is C13H17Cl2NOSiTi-2. The molecule has 104 valence electrons. The number of hydrogen-bond donors (Lipinski definition) is 0. The maximum Gasteiger partial charge on any atom is -0.0809 e. The number of carbonyl (C=O) groups excluding carboxylic acids is 1. The summed E-state index contributed by atoms with van der Waals surface area (Å²) in [7, 11) is 10.9. The van der Waals surface area contributed by atoms with Gasteiger partial charge in [0, 0.05) is 15.4 Å². The van der Waals surface area contributed by atoms with Gasteiger partial charge in [0.25, 0.3) is 0 Å². The van der Waals surface area contributed by atoms with E-state index in [1.807, 2.05) is 0 Å². The van der Waals surface area contributed by atoms with Crippen molar-refractivity contribution in [1.29, 1.82) is 0 Å². The van der Waals surface area contributed by atoms with E-state index in [4.69, 9.17) is 29.1 Å². The van der Waals surface area contributed by atoms with E-state index in [0.717, 1.165) is 9.52 Å². The largest absolute Gasteiger partial charge is 0.168 e.